The summed E-state index contributed by atoms with van der Waals surface area (Å²) in [7, 11) is 3.12. The normalized spacial score (nSPS) is 17.9. The molecule has 0 saturated heterocycles. The number of ether oxygens (including phenoxy) is 1. The molecule has 0 aliphatic heterocycles. The van der Waals surface area contributed by atoms with Gasteiger partial charge in [-0.1, -0.05) is 19.1 Å². The highest BCUT2D eigenvalue weighted by Crippen LogP contribution is 2.08. The summed E-state index contributed by atoms with van der Waals surface area (Å²) in [5.41, 5.74) is 0. The van der Waals surface area contributed by atoms with E-state index < -0.39 is 0 Å². The molecule has 5 heteroatoms. The highest BCUT2D eigenvalue weighted by Gasteiger charge is 2.15. The smallest absolute Gasteiger partial charge is 0.310 e. The van der Waals surface area contributed by atoms with Gasteiger partial charge in [0.25, 0.3) is 0 Å². The van der Waals surface area contributed by atoms with Gasteiger partial charge in [-0.25, -0.2) is 0 Å². The van der Waals surface area contributed by atoms with Gasteiger partial charge in [0.05, 0.1) is 13.0 Å². The fourth-order valence-electron chi connectivity index (χ4n) is 1.66. The Morgan fingerprint density at radius 3 is 2.71 bits per heavy atom. The number of aliphatic imine (C=N–C) groups is 1. The molecule has 1 aliphatic rings. The summed E-state index contributed by atoms with van der Waals surface area (Å²) < 4.78 is 4.66. The third kappa shape index (κ3) is 4.46. The summed E-state index contributed by atoms with van der Waals surface area (Å²) in [4.78, 5) is 15.3. The Balaban J connectivity index is 2.30. The second-order valence-corrected chi connectivity index (χ2v) is 4.16. The third-order valence-corrected chi connectivity index (χ3v) is 2.75. The second-order valence-electron chi connectivity index (χ2n) is 4.16. The van der Waals surface area contributed by atoms with Gasteiger partial charge in [0, 0.05) is 19.6 Å². The van der Waals surface area contributed by atoms with Gasteiger partial charge in [-0.3, -0.25) is 9.79 Å². The number of nitrogens with zero attached hydrogens (tertiary/aromatic N) is 1. The lowest BCUT2D eigenvalue weighted by Gasteiger charge is -2.18. The number of hydrogen-bond acceptors (Lipinski definition) is 3. The lowest BCUT2D eigenvalue weighted by molar-refractivity contribution is -0.144. The molecule has 0 heterocycles. The van der Waals surface area contributed by atoms with Crippen molar-refractivity contribution in [2.75, 3.05) is 20.7 Å². The van der Waals surface area contributed by atoms with E-state index >= 15 is 0 Å². The zero-order valence-electron chi connectivity index (χ0n) is 10.7. The molecule has 0 radical (unpaired) electrons. The number of carbonyl (C=O) groups excluding carboxylic acids is 1. The van der Waals surface area contributed by atoms with E-state index in [1.165, 1.54) is 7.11 Å². The fraction of sp³-hybridized carbons (Fsp3) is 0.667. The molecule has 0 amide bonds. The second kappa shape index (κ2) is 6.93. The van der Waals surface area contributed by atoms with Crippen molar-refractivity contribution in [1.82, 2.24) is 10.6 Å². The minimum atomic E-state index is -0.213. The molecule has 1 aliphatic carbocycles. The monoisotopic (exact) mass is 239 g/mol. The van der Waals surface area contributed by atoms with Crippen molar-refractivity contribution in [2.24, 2.45) is 10.9 Å². The van der Waals surface area contributed by atoms with E-state index in [1.807, 2.05) is 6.92 Å². The Bertz CT molecular complexity index is 305. The Labute approximate surface area is 102 Å². The first kappa shape index (κ1) is 13.5. The quantitative estimate of drug-likeness (QED) is 0.328. The maximum absolute atomic E-state index is 11.2. The molecular formula is C12H21N3O2. The molecule has 96 valence electrons. The van der Waals surface area contributed by atoms with E-state index in [0.29, 0.717) is 12.6 Å². The molecule has 0 saturated carbocycles. The Morgan fingerprint density at radius 2 is 2.18 bits per heavy atom. The van der Waals surface area contributed by atoms with Crippen LogP contribution in [0.5, 0.6) is 0 Å². The van der Waals surface area contributed by atoms with Gasteiger partial charge in [-0.15, -0.1) is 0 Å². The SMILES string of the molecule is CN=C(NCC(C)C(=O)OC)NC1CC=CC1. The van der Waals surface area contributed by atoms with E-state index in [4.69, 9.17) is 0 Å². The number of hydrogen-bond donors (Lipinski definition) is 2. The van der Waals surface area contributed by atoms with Gasteiger partial charge in [0.15, 0.2) is 5.96 Å². The molecule has 0 aromatic heterocycles. The number of nitrogens with one attached hydrogen (secondary N) is 2. The summed E-state index contributed by atoms with van der Waals surface area (Å²) in [6.07, 6.45) is 6.35. The molecule has 0 fully saturated rings. The first-order valence-corrected chi connectivity index (χ1v) is 5.87. The van der Waals surface area contributed by atoms with Gasteiger partial charge in [0.2, 0.25) is 0 Å². The number of methoxy groups -OCH3 is 1. The topological polar surface area (TPSA) is 62.7 Å². The van der Waals surface area contributed by atoms with Crippen LogP contribution >= 0.6 is 0 Å². The average Bonchev–Trinajstić information content (AvgIpc) is 2.85. The van der Waals surface area contributed by atoms with Crippen LogP contribution < -0.4 is 10.6 Å². The number of guanidine groups is 1. The highest BCUT2D eigenvalue weighted by atomic mass is 16.5. The zero-order valence-corrected chi connectivity index (χ0v) is 10.7. The minimum absolute atomic E-state index is 0.180. The maximum Gasteiger partial charge on any atom is 0.310 e. The predicted molar refractivity (Wildman–Crippen MR) is 67.8 cm³/mol. The third-order valence-electron chi connectivity index (χ3n) is 2.75. The van der Waals surface area contributed by atoms with Crippen molar-refractivity contribution in [3.05, 3.63) is 12.2 Å². The average molecular weight is 239 g/mol. The van der Waals surface area contributed by atoms with Crippen molar-refractivity contribution in [3.63, 3.8) is 0 Å². The van der Waals surface area contributed by atoms with Gasteiger partial charge in [0.1, 0.15) is 0 Å². The van der Waals surface area contributed by atoms with Crippen molar-refractivity contribution in [1.29, 1.82) is 0 Å². The summed E-state index contributed by atoms with van der Waals surface area (Å²) in [5, 5.41) is 6.42. The van der Waals surface area contributed by atoms with Crippen LogP contribution in [0.4, 0.5) is 0 Å². The van der Waals surface area contributed by atoms with Crippen LogP contribution in [0.2, 0.25) is 0 Å². The summed E-state index contributed by atoms with van der Waals surface area (Å²) in [6.45, 7) is 2.34. The lowest BCUT2D eigenvalue weighted by Crippen LogP contribution is -2.44. The molecule has 5 nitrogen and oxygen atoms in total. The molecule has 0 spiro atoms. The van der Waals surface area contributed by atoms with Crippen molar-refractivity contribution in [3.8, 4) is 0 Å². The molecule has 1 rings (SSSR count). The molecule has 0 aromatic rings. The van der Waals surface area contributed by atoms with Crippen LogP contribution in [-0.4, -0.2) is 38.7 Å². The minimum Gasteiger partial charge on any atom is -0.469 e. The number of rotatable bonds is 4. The van der Waals surface area contributed by atoms with Crippen LogP contribution in [0, 0.1) is 5.92 Å². The molecule has 1 unspecified atom stereocenters. The summed E-state index contributed by atoms with van der Waals surface area (Å²) in [5.74, 6) is 0.338. The van der Waals surface area contributed by atoms with Crippen LogP contribution in [0.15, 0.2) is 17.1 Å². The van der Waals surface area contributed by atoms with Crippen molar-refractivity contribution in [2.45, 2.75) is 25.8 Å². The highest BCUT2D eigenvalue weighted by molar-refractivity contribution is 5.81. The fourth-order valence-corrected chi connectivity index (χ4v) is 1.66. The molecule has 0 bridgehead atoms. The van der Waals surface area contributed by atoms with Crippen LogP contribution in [-0.2, 0) is 9.53 Å². The zero-order chi connectivity index (χ0) is 12.7. The molecular weight excluding hydrogens is 218 g/mol. The van der Waals surface area contributed by atoms with E-state index in [2.05, 4.69) is 32.5 Å². The maximum atomic E-state index is 11.2. The Morgan fingerprint density at radius 1 is 1.53 bits per heavy atom. The standard InChI is InChI=1S/C12H21N3O2/c1-9(11(16)17-3)8-14-12(13-2)15-10-6-4-5-7-10/h4-5,9-10H,6-8H2,1-3H3,(H2,13,14,15). The summed E-state index contributed by atoms with van der Waals surface area (Å²) in [6, 6.07) is 0.412. The van der Waals surface area contributed by atoms with Crippen molar-refractivity contribution >= 4 is 11.9 Å². The van der Waals surface area contributed by atoms with Crippen LogP contribution in [0.1, 0.15) is 19.8 Å². The van der Waals surface area contributed by atoms with E-state index in [-0.39, 0.29) is 11.9 Å². The van der Waals surface area contributed by atoms with E-state index in [9.17, 15) is 4.79 Å². The number of esters is 1. The molecule has 0 aromatic carbocycles. The van der Waals surface area contributed by atoms with Gasteiger partial charge < -0.3 is 15.4 Å². The van der Waals surface area contributed by atoms with E-state index in [1.54, 1.807) is 7.05 Å². The molecule has 1 atom stereocenters. The molecule has 17 heavy (non-hydrogen) atoms. The predicted octanol–water partition coefficient (Wildman–Crippen LogP) is 0.679. The number of carbonyl (C=O) groups is 1. The van der Waals surface area contributed by atoms with Crippen LogP contribution in [0.3, 0.4) is 0 Å². The van der Waals surface area contributed by atoms with Gasteiger partial charge >= 0.3 is 5.97 Å². The van der Waals surface area contributed by atoms with E-state index in [0.717, 1.165) is 18.8 Å². The Kier molecular flexibility index (Phi) is 5.52. The lowest BCUT2D eigenvalue weighted by atomic mass is 10.2. The molecule has 2 N–H and O–H groups in total. The van der Waals surface area contributed by atoms with Gasteiger partial charge in [-0.05, 0) is 12.8 Å². The van der Waals surface area contributed by atoms with Crippen molar-refractivity contribution < 1.29 is 9.53 Å². The largest absolute Gasteiger partial charge is 0.469 e. The summed E-state index contributed by atoms with van der Waals surface area (Å²) >= 11 is 0. The first-order valence-electron chi connectivity index (χ1n) is 5.87. The Hall–Kier alpha value is -1.52. The van der Waals surface area contributed by atoms with Crippen LogP contribution in [0.25, 0.3) is 0 Å². The van der Waals surface area contributed by atoms with Gasteiger partial charge in [-0.2, -0.15) is 0 Å². The first-order chi connectivity index (χ1) is 8.17.